The largest absolute Gasteiger partial charge is 0.478 e. The van der Waals surface area contributed by atoms with Crippen molar-refractivity contribution in [2.24, 2.45) is 0 Å². The van der Waals surface area contributed by atoms with Gasteiger partial charge in [0, 0.05) is 11.6 Å². The van der Waals surface area contributed by atoms with Crippen LogP contribution in [0.2, 0.25) is 5.02 Å². The SMILES string of the molecule is Cc1cc(Cl)c(Oc2cc3c(cc2F)C=C(C(=O)O)[C@@H](C(F)(F)F)O3)cc1C. The van der Waals surface area contributed by atoms with E-state index in [4.69, 9.17) is 26.2 Å². The van der Waals surface area contributed by atoms with Crippen LogP contribution in [0.5, 0.6) is 17.2 Å². The topological polar surface area (TPSA) is 55.8 Å². The van der Waals surface area contributed by atoms with Crippen LogP contribution >= 0.6 is 11.6 Å². The molecule has 148 valence electrons. The maximum atomic E-state index is 14.4. The number of halogens is 5. The molecule has 28 heavy (non-hydrogen) atoms. The van der Waals surface area contributed by atoms with E-state index >= 15 is 0 Å². The van der Waals surface area contributed by atoms with Crippen LogP contribution in [0, 0.1) is 19.7 Å². The van der Waals surface area contributed by atoms with Crippen molar-refractivity contribution in [2.45, 2.75) is 26.1 Å². The molecule has 0 unspecified atom stereocenters. The van der Waals surface area contributed by atoms with Crippen LogP contribution < -0.4 is 9.47 Å². The fourth-order valence-corrected chi connectivity index (χ4v) is 2.90. The second-order valence-electron chi connectivity index (χ2n) is 6.23. The Morgan fingerprint density at radius 1 is 1.14 bits per heavy atom. The maximum Gasteiger partial charge on any atom is 0.430 e. The van der Waals surface area contributed by atoms with Gasteiger partial charge in [-0.2, -0.15) is 13.2 Å². The van der Waals surface area contributed by atoms with Crippen LogP contribution in [0.4, 0.5) is 17.6 Å². The van der Waals surface area contributed by atoms with Crippen molar-refractivity contribution >= 4 is 23.6 Å². The van der Waals surface area contributed by atoms with Gasteiger partial charge in [0.25, 0.3) is 0 Å². The highest BCUT2D eigenvalue weighted by atomic mass is 35.5. The van der Waals surface area contributed by atoms with Gasteiger partial charge in [-0.3, -0.25) is 0 Å². The Kier molecular flexibility index (Phi) is 5.01. The van der Waals surface area contributed by atoms with E-state index in [9.17, 15) is 22.4 Å². The number of alkyl halides is 3. The molecule has 9 heteroatoms. The van der Waals surface area contributed by atoms with E-state index in [1.54, 1.807) is 19.1 Å². The maximum absolute atomic E-state index is 14.4. The number of carboxylic acids is 1. The van der Waals surface area contributed by atoms with Gasteiger partial charge in [0.15, 0.2) is 11.6 Å². The molecule has 0 amide bonds. The second kappa shape index (κ2) is 7.01. The molecule has 4 nitrogen and oxygen atoms in total. The van der Waals surface area contributed by atoms with Crippen LogP contribution in [0.25, 0.3) is 6.08 Å². The first kappa shape index (κ1) is 20.0. The Morgan fingerprint density at radius 2 is 1.79 bits per heavy atom. The summed E-state index contributed by atoms with van der Waals surface area (Å²) < 4.78 is 64.1. The highest BCUT2D eigenvalue weighted by Gasteiger charge is 2.48. The van der Waals surface area contributed by atoms with Gasteiger partial charge in [0.05, 0.1) is 10.6 Å². The van der Waals surface area contributed by atoms with E-state index in [2.05, 4.69) is 0 Å². The van der Waals surface area contributed by atoms with E-state index in [-0.39, 0.29) is 22.1 Å². The molecule has 0 bridgehead atoms. The number of aliphatic carboxylic acids is 1. The number of hydrogen-bond donors (Lipinski definition) is 1. The standard InChI is InChI=1S/C19H13ClF4O4/c1-8-3-12(20)15(4-9(8)2)27-16-7-14-10(6-13(16)21)5-11(18(25)26)17(28-14)19(22,23)24/h3-7,17H,1-2H3,(H,25,26)/t17-/m0/s1. The molecular weight excluding hydrogens is 404 g/mol. The molecule has 0 radical (unpaired) electrons. The van der Waals surface area contributed by atoms with Gasteiger partial charge in [-0.05, 0) is 49.2 Å². The Hall–Kier alpha value is -2.74. The lowest BCUT2D eigenvalue weighted by Crippen LogP contribution is -2.40. The van der Waals surface area contributed by atoms with Crippen molar-refractivity contribution < 1.29 is 36.9 Å². The first-order chi connectivity index (χ1) is 13.0. The van der Waals surface area contributed by atoms with Crippen LogP contribution in [-0.2, 0) is 4.79 Å². The number of ether oxygens (including phenoxy) is 2. The fourth-order valence-electron chi connectivity index (χ4n) is 2.65. The van der Waals surface area contributed by atoms with Crippen molar-refractivity contribution in [3.05, 3.63) is 57.4 Å². The number of hydrogen-bond acceptors (Lipinski definition) is 3. The summed E-state index contributed by atoms with van der Waals surface area (Å²) in [6.07, 6.45) is -6.91. The minimum Gasteiger partial charge on any atom is -0.478 e. The van der Waals surface area contributed by atoms with Gasteiger partial charge in [0.1, 0.15) is 11.5 Å². The molecule has 0 spiro atoms. The van der Waals surface area contributed by atoms with E-state index in [0.29, 0.717) is 0 Å². The third-order valence-corrected chi connectivity index (χ3v) is 4.51. The lowest BCUT2D eigenvalue weighted by molar-refractivity contribution is -0.187. The summed E-state index contributed by atoms with van der Waals surface area (Å²) in [7, 11) is 0. The molecule has 1 atom stereocenters. The van der Waals surface area contributed by atoms with Crippen LogP contribution in [-0.4, -0.2) is 23.4 Å². The number of carbonyl (C=O) groups is 1. The van der Waals surface area contributed by atoms with Crippen molar-refractivity contribution in [3.8, 4) is 17.2 Å². The highest BCUT2D eigenvalue weighted by Crippen LogP contribution is 2.41. The molecule has 0 aromatic heterocycles. The Morgan fingerprint density at radius 3 is 2.39 bits per heavy atom. The smallest absolute Gasteiger partial charge is 0.430 e. The number of benzene rings is 2. The summed E-state index contributed by atoms with van der Waals surface area (Å²) in [5.74, 6) is -3.37. The molecule has 2 aromatic carbocycles. The van der Waals surface area contributed by atoms with Crippen molar-refractivity contribution in [1.29, 1.82) is 0 Å². The zero-order chi connectivity index (χ0) is 20.8. The average molecular weight is 417 g/mol. The van der Waals surface area contributed by atoms with E-state index in [0.717, 1.165) is 29.3 Å². The summed E-state index contributed by atoms with van der Waals surface area (Å²) in [5.41, 5.74) is 0.519. The predicted octanol–water partition coefficient (Wildman–Crippen LogP) is 5.68. The van der Waals surface area contributed by atoms with Crippen molar-refractivity contribution in [2.75, 3.05) is 0 Å². The minimum absolute atomic E-state index is 0.119. The average Bonchev–Trinajstić information content (AvgIpc) is 2.58. The van der Waals surface area contributed by atoms with Crippen LogP contribution in [0.3, 0.4) is 0 Å². The summed E-state index contributed by atoms with van der Waals surface area (Å²) in [6.45, 7) is 3.61. The van der Waals surface area contributed by atoms with Gasteiger partial charge in [-0.15, -0.1) is 0 Å². The van der Waals surface area contributed by atoms with E-state index in [1.165, 1.54) is 0 Å². The van der Waals surface area contributed by atoms with Crippen molar-refractivity contribution in [3.63, 3.8) is 0 Å². The monoisotopic (exact) mass is 416 g/mol. The number of aryl methyl sites for hydroxylation is 2. The van der Waals surface area contributed by atoms with Crippen molar-refractivity contribution in [1.82, 2.24) is 0 Å². The molecule has 1 aliphatic heterocycles. The number of fused-ring (bicyclic) bond motifs is 1. The summed E-state index contributed by atoms with van der Waals surface area (Å²) >= 11 is 6.08. The first-order valence-corrected chi connectivity index (χ1v) is 8.31. The van der Waals surface area contributed by atoms with Crippen LogP contribution in [0.15, 0.2) is 29.8 Å². The Labute approximate surface area is 161 Å². The number of rotatable bonds is 3. The second-order valence-corrected chi connectivity index (χ2v) is 6.64. The summed E-state index contributed by atoms with van der Waals surface area (Å²) in [6, 6.07) is 4.96. The number of carboxylic acid groups (broad SMARTS) is 1. The van der Waals surface area contributed by atoms with Gasteiger partial charge >= 0.3 is 12.1 Å². The van der Waals surface area contributed by atoms with Gasteiger partial charge in [-0.25, -0.2) is 9.18 Å². The lowest BCUT2D eigenvalue weighted by atomic mass is 10.0. The zero-order valence-corrected chi connectivity index (χ0v) is 15.3. The third-order valence-electron chi connectivity index (χ3n) is 4.21. The first-order valence-electron chi connectivity index (χ1n) is 7.93. The van der Waals surface area contributed by atoms with Gasteiger partial charge in [0.2, 0.25) is 6.10 Å². The Bertz CT molecular complexity index is 998. The molecule has 1 aliphatic rings. The lowest BCUT2D eigenvalue weighted by Gasteiger charge is -2.27. The highest BCUT2D eigenvalue weighted by molar-refractivity contribution is 6.32. The quantitative estimate of drug-likeness (QED) is 0.654. The minimum atomic E-state index is -4.96. The predicted molar refractivity (Wildman–Crippen MR) is 93.5 cm³/mol. The summed E-state index contributed by atoms with van der Waals surface area (Å²) in [5, 5.41) is 9.21. The van der Waals surface area contributed by atoms with Crippen LogP contribution in [0.1, 0.15) is 16.7 Å². The molecule has 0 aliphatic carbocycles. The van der Waals surface area contributed by atoms with Gasteiger partial charge in [-0.1, -0.05) is 11.6 Å². The fraction of sp³-hybridized carbons (Fsp3) is 0.211. The van der Waals surface area contributed by atoms with E-state index < -0.39 is 35.4 Å². The summed E-state index contributed by atoms with van der Waals surface area (Å²) in [4.78, 5) is 11.1. The molecule has 2 aromatic rings. The molecule has 0 saturated heterocycles. The Balaban J connectivity index is 2.04. The third kappa shape index (κ3) is 3.77. The molecule has 0 fully saturated rings. The zero-order valence-electron chi connectivity index (χ0n) is 14.5. The van der Waals surface area contributed by atoms with E-state index in [1.807, 2.05) is 6.92 Å². The molecule has 3 rings (SSSR count). The molecular formula is C19H13ClF4O4. The van der Waals surface area contributed by atoms with Gasteiger partial charge < -0.3 is 14.6 Å². The normalized spacial score (nSPS) is 16.1. The molecule has 1 heterocycles. The molecule has 0 saturated carbocycles. The molecule has 1 N–H and O–H groups in total.